The van der Waals surface area contributed by atoms with Gasteiger partial charge in [0.2, 0.25) is 0 Å². The second kappa shape index (κ2) is 9.23. The van der Waals surface area contributed by atoms with Gasteiger partial charge in [-0.1, -0.05) is 82.7 Å². The molecule has 5 rings (SSSR count). The lowest BCUT2D eigenvalue weighted by Crippen LogP contribution is -2.25. The van der Waals surface area contributed by atoms with E-state index < -0.39 is 0 Å². The van der Waals surface area contributed by atoms with Crippen molar-refractivity contribution in [3.8, 4) is 11.3 Å². The quantitative estimate of drug-likeness (QED) is 0.190. The van der Waals surface area contributed by atoms with E-state index in [1.54, 1.807) is 11.8 Å². The van der Waals surface area contributed by atoms with Gasteiger partial charge in [0.1, 0.15) is 0 Å². The fraction of sp³-hybridized carbons (Fsp3) is 0.0741. The van der Waals surface area contributed by atoms with Crippen LogP contribution in [0.3, 0.4) is 0 Å². The minimum absolute atomic E-state index is 0.0329. The Kier molecular flexibility index (Phi) is 6.02. The SMILES string of the molecule is O=C(NCCSc1c(-c2ccc(Br)cc2)[nH]c2ccccc12)c1cccc2ccccc12. The van der Waals surface area contributed by atoms with Gasteiger partial charge >= 0.3 is 0 Å². The lowest BCUT2D eigenvalue weighted by atomic mass is 10.0. The predicted octanol–water partition coefficient (Wildman–Crippen LogP) is 7.27. The molecule has 3 nitrogen and oxygen atoms in total. The van der Waals surface area contributed by atoms with Gasteiger partial charge < -0.3 is 10.3 Å². The molecule has 1 heterocycles. The van der Waals surface area contributed by atoms with Crippen molar-refractivity contribution in [3.05, 3.63) is 101 Å². The molecular formula is C27H21BrN2OS. The van der Waals surface area contributed by atoms with Gasteiger partial charge in [0, 0.05) is 38.1 Å². The number of H-pyrrole nitrogens is 1. The smallest absolute Gasteiger partial charge is 0.251 e. The molecule has 0 saturated carbocycles. The van der Waals surface area contributed by atoms with Crippen LogP contribution >= 0.6 is 27.7 Å². The molecule has 1 aromatic heterocycles. The van der Waals surface area contributed by atoms with Crippen LogP contribution in [0.2, 0.25) is 0 Å². The Labute approximate surface area is 199 Å². The summed E-state index contributed by atoms with van der Waals surface area (Å²) in [7, 11) is 0. The maximum absolute atomic E-state index is 12.8. The number of amides is 1. The van der Waals surface area contributed by atoms with Crippen LogP contribution in [0.1, 0.15) is 10.4 Å². The minimum Gasteiger partial charge on any atom is -0.354 e. The Morgan fingerprint density at radius 2 is 1.56 bits per heavy atom. The van der Waals surface area contributed by atoms with Crippen molar-refractivity contribution in [3.63, 3.8) is 0 Å². The number of hydrogen-bond donors (Lipinski definition) is 2. The van der Waals surface area contributed by atoms with Crippen molar-refractivity contribution in [1.29, 1.82) is 0 Å². The molecule has 32 heavy (non-hydrogen) atoms. The number of hydrogen-bond acceptors (Lipinski definition) is 2. The molecule has 5 heteroatoms. The van der Waals surface area contributed by atoms with Gasteiger partial charge in [-0.05, 0) is 40.6 Å². The van der Waals surface area contributed by atoms with Crippen molar-refractivity contribution in [2.75, 3.05) is 12.3 Å². The van der Waals surface area contributed by atoms with E-state index in [1.807, 2.05) is 48.5 Å². The third-order valence-electron chi connectivity index (χ3n) is 5.46. The van der Waals surface area contributed by atoms with Gasteiger partial charge in [-0.25, -0.2) is 0 Å². The van der Waals surface area contributed by atoms with E-state index >= 15 is 0 Å². The van der Waals surface area contributed by atoms with Gasteiger partial charge in [-0.2, -0.15) is 0 Å². The van der Waals surface area contributed by atoms with Gasteiger partial charge in [0.05, 0.1) is 5.69 Å². The summed E-state index contributed by atoms with van der Waals surface area (Å²) in [5.74, 6) is 0.747. The number of benzene rings is 4. The lowest BCUT2D eigenvalue weighted by Gasteiger charge is -2.09. The van der Waals surface area contributed by atoms with Gasteiger partial charge in [-0.3, -0.25) is 4.79 Å². The fourth-order valence-corrected chi connectivity index (χ4v) is 5.24. The molecular weight excluding hydrogens is 480 g/mol. The minimum atomic E-state index is -0.0329. The Balaban J connectivity index is 1.33. The average molecular weight is 501 g/mol. The van der Waals surface area contributed by atoms with Crippen molar-refractivity contribution in [1.82, 2.24) is 10.3 Å². The van der Waals surface area contributed by atoms with Crippen LogP contribution in [0.5, 0.6) is 0 Å². The van der Waals surface area contributed by atoms with E-state index in [9.17, 15) is 4.79 Å². The first kappa shape index (κ1) is 20.9. The van der Waals surface area contributed by atoms with Crippen LogP contribution in [0.4, 0.5) is 0 Å². The number of halogens is 1. The van der Waals surface area contributed by atoms with Crippen LogP contribution in [-0.2, 0) is 0 Å². The van der Waals surface area contributed by atoms with Crippen molar-refractivity contribution >= 4 is 55.3 Å². The van der Waals surface area contributed by atoms with Crippen LogP contribution in [0, 0.1) is 0 Å². The first-order valence-corrected chi connectivity index (χ1v) is 12.2. The number of fused-ring (bicyclic) bond motifs is 2. The summed E-state index contributed by atoms with van der Waals surface area (Å²) in [5, 5.41) is 6.35. The van der Waals surface area contributed by atoms with E-state index in [2.05, 4.69) is 68.7 Å². The number of rotatable bonds is 6. The van der Waals surface area contributed by atoms with Gasteiger partial charge in [0.15, 0.2) is 0 Å². The molecule has 0 radical (unpaired) electrons. The van der Waals surface area contributed by atoms with E-state index in [0.717, 1.165) is 43.3 Å². The zero-order chi connectivity index (χ0) is 21.9. The van der Waals surface area contributed by atoms with Gasteiger partial charge in [0.25, 0.3) is 5.91 Å². The summed E-state index contributed by atoms with van der Waals surface area (Å²) >= 11 is 5.28. The molecule has 0 atom stereocenters. The highest BCUT2D eigenvalue weighted by Crippen LogP contribution is 2.37. The van der Waals surface area contributed by atoms with E-state index in [4.69, 9.17) is 0 Å². The van der Waals surface area contributed by atoms with E-state index in [1.165, 1.54) is 10.3 Å². The van der Waals surface area contributed by atoms with Crippen molar-refractivity contribution < 1.29 is 4.79 Å². The zero-order valence-corrected chi connectivity index (χ0v) is 19.7. The Bertz CT molecular complexity index is 1400. The Morgan fingerprint density at radius 1 is 0.844 bits per heavy atom. The number of thioether (sulfide) groups is 1. The predicted molar refractivity (Wildman–Crippen MR) is 138 cm³/mol. The number of carbonyl (C=O) groups excluding carboxylic acids is 1. The average Bonchev–Trinajstić information content (AvgIpc) is 3.20. The van der Waals surface area contributed by atoms with E-state index in [-0.39, 0.29) is 5.91 Å². The number of carbonyl (C=O) groups is 1. The van der Waals surface area contributed by atoms with Crippen molar-refractivity contribution in [2.45, 2.75) is 4.90 Å². The second-order valence-electron chi connectivity index (χ2n) is 7.51. The maximum atomic E-state index is 12.8. The zero-order valence-electron chi connectivity index (χ0n) is 17.3. The summed E-state index contributed by atoms with van der Waals surface area (Å²) in [6, 6.07) is 30.5. The highest BCUT2D eigenvalue weighted by atomic mass is 79.9. The van der Waals surface area contributed by atoms with Crippen molar-refractivity contribution in [2.24, 2.45) is 0 Å². The molecule has 0 unspecified atom stereocenters. The summed E-state index contributed by atoms with van der Waals surface area (Å²) in [4.78, 5) is 17.6. The monoisotopic (exact) mass is 500 g/mol. The Hall–Kier alpha value is -3.02. The Morgan fingerprint density at radius 3 is 2.41 bits per heavy atom. The fourth-order valence-electron chi connectivity index (χ4n) is 3.92. The van der Waals surface area contributed by atoms with E-state index in [0.29, 0.717) is 6.54 Å². The standard InChI is InChI=1S/C27H21BrN2OS/c28-20-14-12-19(13-15-20)25-26(23-9-3-4-11-24(23)30-25)32-17-16-29-27(31)22-10-5-7-18-6-1-2-8-21(18)22/h1-15,30H,16-17H2,(H,29,31). The third-order valence-corrected chi connectivity index (χ3v) is 7.11. The molecule has 158 valence electrons. The highest BCUT2D eigenvalue weighted by Gasteiger charge is 2.14. The summed E-state index contributed by atoms with van der Waals surface area (Å²) in [6.45, 7) is 0.589. The third kappa shape index (κ3) is 4.18. The van der Waals surface area contributed by atoms with Crippen LogP contribution in [-0.4, -0.2) is 23.2 Å². The summed E-state index contributed by atoms with van der Waals surface area (Å²) in [6.07, 6.45) is 0. The molecule has 2 N–H and O–H groups in total. The molecule has 0 fully saturated rings. The normalized spacial score (nSPS) is 11.2. The molecule has 0 bridgehead atoms. The number of para-hydroxylation sites is 1. The molecule has 0 aliphatic heterocycles. The molecule has 0 aliphatic rings. The number of aromatic nitrogens is 1. The molecule has 1 amide bonds. The maximum Gasteiger partial charge on any atom is 0.251 e. The van der Waals surface area contributed by atoms with Gasteiger partial charge in [-0.15, -0.1) is 11.8 Å². The molecule has 0 spiro atoms. The molecule has 0 saturated heterocycles. The van der Waals surface area contributed by atoms with Crippen LogP contribution in [0.15, 0.2) is 100 Å². The summed E-state index contributed by atoms with van der Waals surface area (Å²) in [5.41, 5.74) is 4.10. The first-order valence-electron chi connectivity index (χ1n) is 10.5. The second-order valence-corrected chi connectivity index (χ2v) is 9.53. The molecule has 4 aromatic carbocycles. The number of aromatic amines is 1. The summed E-state index contributed by atoms with van der Waals surface area (Å²) < 4.78 is 1.06. The van der Waals surface area contributed by atoms with Crippen LogP contribution in [0.25, 0.3) is 32.9 Å². The lowest BCUT2D eigenvalue weighted by molar-refractivity contribution is 0.0958. The first-order chi connectivity index (χ1) is 15.7. The topological polar surface area (TPSA) is 44.9 Å². The number of nitrogens with one attached hydrogen (secondary N) is 2. The van der Waals surface area contributed by atoms with Crippen LogP contribution < -0.4 is 5.32 Å². The highest BCUT2D eigenvalue weighted by molar-refractivity contribution is 9.10. The molecule has 0 aliphatic carbocycles. The largest absolute Gasteiger partial charge is 0.354 e. The molecule has 5 aromatic rings.